The Morgan fingerprint density at radius 3 is 2.77 bits per heavy atom. The molecule has 1 aliphatic rings. The van der Waals surface area contributed by atoms with Crippen LogP contribution in [0.25, 0.3) is 10.8 Å². The summed E-state index contributed by atoms with van der Waals surface area (Å²) in [6.07, 6.45) is 9.12. The minimum Gasteiger partial charge on any atom is -0.468 e. The van der Waals surface area contributed by atoms with Gasteiger partial charge in [0, 0.05) is 30.9 Å². The van der Waals surface area contributed by atoms with E-state index in [0.717, 1.165) is 42.6 Å². The molecule has 1 N–H and O–H groups in total. The molecule has 26 heavy (non-hydrogen) atoms. The Hall–Kier alpha value is -2.09. The van der Waals surface area contributed by atoms with E-state index in [1.165, 1.54) is 19.3 Å². The number of rotatable bonds is 7. The summed E-state index contributed by atoms with van der Waals surface area (Å²) >= 11 is 1.58. The van der Waals surface area contributed by atoms with Gasteiger partial charge in [0.2, 0.25) is 0 Å². The van der Waals surface area contributed by atoms with Crippen molar-refractivity contribution >= 4 is 11.3 Å². The zero-order valence-corrected chi connectivity index (χ0v) is 15.5. The first-order valence-electron chi connectivity index (χ1n) is 9.10. The molecule has 1 fully saturated rings. The Morgan fingerprint density at radius 1 is 1.15 bits per heavy atom. The fourth-order valence-electron chi connectivity index (χ4n) is 3.36. The van der Waals surface area contributed by atoms with Crippen LogP contribution in [0.1, 0.15) is 36.8 Å². The molecule has 0 aromatic carbocycles. The molecule has 1 aliphatic heterocycles. The molecule has 6 nitrogen and oxygen atoms in total. The zero-order chi connectivity index (χ0) is 17.6. The number of thiazole rings is 1. The average molecular weight is 369 g/mol. The van der Waals surface area contributed by atoms with Crippen LogP contribution in [-0.4, -0.2) is 39.5 Å². The standard InChI is InChI=1S/C19H23N5OS/c1-2-9-24(10-3-1)16(17-6-4-11-25-17)13-20-12-15-14-26-19(23-15)18-21-7-5-8-22-18/h4-8,11,14,16,20H,1-3,9-10,12-13H2. The molecule has 0 spiro atoms. The second-order valence-electron chi connectivity index (χ2n) is 6.48. The first-order valence-corrected chi connectivity index (χ1v) is 9.98. The lowest BCUT2D eigenvalue weighted by Gasteiger charge is -2.33. The molecule has 4 rings (SSSR count). The Balaban J connectivity index is 1.37. The van der Waals surface area contributed by atoms with Crippen molar-refractivity contribution in [2.45, 2.75) is 31.8 Å². The largest absolute Gasteiger partial charge is 0.468 e. The topological polar surface area (TPSA) is 67.1 Å². The number of aromatic nitrogens is 3. The fraction of sp³-hybridized carbons (Fsp3) is 0.421. The van der Waals surface area contributed by atoms with Gasteiger partial charge in [-0.1, -0.05) is 6.42 Å². The van der Waals surface area contributed by atoms with Crippen molar-refractivity contribution in [3.63, 3.8) is 0 Å². The zero-order valence-electron chi connectivity index (χ0n) is 14.7. The van der Waals surface area contributed by atoms with Crippen molar-refractivity contribution in [2.75, 3.05) is 19.6 Å². The van der Waals surface area contributed by atoms with Gasteiger partial charge in [-0.15, -0.1) is 11.3 Å². The molecule has 136 valence electrons. The van der Waals surface area contributed by atoms with Gasteiger partial charge in [0.1, 0.15) is 5.76 Å². The predicted octanol–water partition coefficient (Wildman–Crippen LogP) is 3.51. The van der Waals surface area contributed by atoms with E-state index in [2.05, 4.69) is 36.6 Å². The molecule has 3 aromatic heterocycles. The van der Waals surface area contributed by atoms with Crippen molar-refractivity contribution in [3.8, 4) is 10.8 Å². The Labute approximate surface area is 157 Å². The van der Waals surface area contributed by atoms with Crippen LogP contribution in [0.2, 0.25) is 0 Å². The lowest BCUT2D eigenvalue weighted by atomic mass is 10.1. The lowest BCUT2D eigenvalue weighted by Crippen LogP contribution is -2.38. The van der Waals surface area contributed by atoms with Gasteiger partial charge in [-0.2, -0.15) is 0 Å². The van der Waals surface area contributed by atoms with Gasteiger partial charge in [-0.05, 0) is 44.1 Å². The molecule has 1 unspecified atom stereocenters. The molecule has 3 aromatic rings. The smallest absolute Gasteiger partial charge is 0.188 e. The van der Waals surface area contributed by atoms with Crippen LogP contribution in [-0.2, 0) is 6.54 Å². The second-order valence-corrected chi connectivity index (χ2v) is 7.33. The van der Waals surface area contributed by atoms with E-state index in [9.17, 15) is 0 Å². The van der Waals surface area contributed by atoms with E-state index in [1.807, 2.05) is 12.1 Å². The highest BCUT2D eigenvalue weighted by molar-refractivity contribution is 7.13. The van der Waals surface area contributed by atoms with E-state index in [1.54, 1.807) is 30.0 Å². The van der Waals surface area contributed by atoms with E-state index < -0.39 is 0 Å². The van der Waals surface area contributed by atoms with Crippen LogP contribution >= 0.6 is 11.3 Å². The number of hydrogen-bond donors (Lipinski definition) is 1. The van der Waals surface area contributed by atoms with Gasteiger partial charge < -0.3 is 9.73 Å². The van der Waals surface area contributed by atoms with Crippen molar-refractivity contribution in [1.29, 1.82) is 0 Å². The lowest BCUT2D eigenvalue weighted by molar-refractivity contribution is 0.142. The summed E-state index contributed by atoms with van der Waals surface area (Å²) in [5.41, 5.74) is 1.02. The molecule has 7 heteroatoms. The summed E-state index contributed by atoms with van der Waals surface area (Å²) in [4.78, 5) is 15.7. The minimum atomic E-state index is 0.279. The van der Waals surface area contributed by atoms with Gasteiger partial charge in [0.25, 0.3) is 0 Å². The molecular formula is C19H23N5OS. The van der Waals surface area contributed by atoms with E-state index in [0.29, 0.717) is 5.82 Å². The monoisotopic (exact) mass is 369 g/mol. The summed E-state index contributed by atoms with van der Waals surface area (Å²) in [6, 6.07) is 6.14. The number of likely N-dealkylation sites (tertiary alicyclic amines) is 1. The highest BCUT2D eigenvalue weighted by Crippen LogP contribution is 2.25. The van der Waals surface area contributed by atoms with Crippen LogP contribution in [0.3, 0.4) is 0 Å². The molecule has 0 amide bonds. The normalized spacial score (nSPS) is 16.6. The third-order valence-electron chi connectivity index (χ3n) is 4.66. The Bertz CT molecular complexity index is 783. The number of furan rings is 1. The Kier molecular flexibility index (Phi) is 5.68. The maximum absolute atomic E-state index is 5.70. The molecule has 1 atom stereocenters. The number of piperidine rings is 1. The highest BCUT2D eigenvalue weighted by atomic mass is 32.1. The fourth-order valence-corrected chi connectivity index (χ4v) is 4.12. The molecule has 0 aliphatic carbocycles. The van der Waals surface area contributed by atoms with Gasteiger partial charge in [-0.25, -0.2) is 15.0 Å². The molecule has 0 bridgehead atoms. The van der Waals surface area contributed by atoms with E-state index in [-0.39, 0.29) is 6.04 Å². The summed E-state index contributed by atoms with van der Waals surface area (Å²) in [6.45, 7) is 3.86. The van der Waals surface area contributed by atoms with Crippen molar-refractivity contribution in [3.05, 3.63) is 53.7 Å². The molecule has 1 saturated heterocycles. The van der Waals surface area contributed by atoms with Crippen LogP contribution in [0.4, 0.5) is 0 Å². The van der Waals surface area contributed by atoms with Gasteiger partial charge in [0.05, 0.1) is 18.0 Å². The van der Waals surface area contributed by atoms with E-state index >= 15 is 0 Å². The number of nitrogens with zero attached hydrogens (tertiary/aromatic N) is 4. The van der Waals surface area contributed by atoms with Crippen LogP contribution in [0, 0.1) is 0 Å². The summed E-state index contributed by atoms with van der Waals surface area (Å²) in [5, 5.41) is 6.49. The van der Waals surface area contributed by atoms with Gasteiger partial charge >= 0.3 is 0 Å². The number of hydrogen-bond acceptors (Lipinski definition) is 7. The van der Waals surface area contributed by atoms with Crippen LogP contribution in [0.15, 0.2) is 46.7 Å². The molecule has 0 radical (unpaired) electrons. The first-order chi connectivity index (χ1) is 12.9. The maximum Gasteiger partial charge on any atom is 0.188 e. The quantitative estimate of drug-likeness (QED) is 0.687. The summed E-state index contributed by atoms with van der Waals surface area (Å²) < 4.78 is 5.70. The third kappa shape index (κ3) is 4.17. The van der Waals surface area contributed by atoms with Crippen molar-refractivity contribution < 1.29 is 4.42 Å². The van der Waals surface area contributed by atoms with Gasteiger partial charge in [-0.3, -0.25) is 4.90 Å². The van der Waals surface area contributed by atoms with Gasteiger partial charge in [0.15, 0.2) is 10.8 Å². The average Bonchev–Trinajstić information content (AvgIpc) is 3.39. The SMILES string of the molecule is c1cnc(-c2nc(CNCC(c3ccco3)N3CCCCC3)cs2)nc1. The first kappa shape index (κ1) is 17.3. The van der Waals surface area contributed by atoms with Crippen LogP contribution < -0.4 is 5.32 Å². The molecule has 4 heterocycles. The highest BCUT2D eigenvalue weighted by Gasteiger charge is 2.24. The van der Waals surface area contributed by atoms with Crippen LogP contribution in [0.5, 0.6) is 0 Å². The van der Waals surface area contributed by atoms with Crippen molar-refractivity contribution in [2.24, 2.45) is 0 Å². The number of nitrogens with one attached hydrogen (secondary N) is 1. The molecule has 0 saturated carbocycles. The van der Waals surface area contributed by atoms with Crippen molar-refractivity contribution in [1.82, 2.24) is 25.2 Å². The third-order valence-corrected chi connectivity index (χ3v) is 5.54. The second kappa shape index (κ2) is 8.53. The maximum atomic E-state index is 5.70. The summed E-state index contributed by atoms with van der Waals surface area (Å²) in [7, 11) is 0. The Morgan fingerprint density at radius 2 is 2.00 bits per heavy atom. The predicted molar refractivity (Wildman–Crippen MR) is 102 cm³/mol. The molecular weight excluding hydrogens is 346 g/mol. The van der Waals surface area contributed by atoms with E-state index in [4.69, 9.17) is 4.42 Å². The summed E-state index contributed by atoms with van der Waals surface area (Å²) in [5.74, 6) is 1.72. The minimum absolute atomic E-state index is 0.279.